The van der Waals surface area contributed by atoms with Gasteiger partial charge in [-0.25, -0.2) is 4.68 Å². The van der Waals surface area contributed by atoms with E-state index in [2.05, 4.69) is 21.0 Å². The number of methoxy groups -OCH3 is 1. The van der Waals surface area contributed by atoms with Crippen molar-refractivity contribution in [3.05, 3.63) is 89.5 Å². The molecule has 2 saturated heterocycles. The molecule has 17 heteroatoms. The number of pyridine rings is 1. The number of benzene rings is 2. The topological polar surface area (TPSA) is 163 Å². The summed E-state index contributed by atoms with van der Waals surface area (Å²) >= 11 is 0. The summed E-state index contributed by atoms with van der Waals surface area (Å²) in [6, 6.07) is 17.6. The highest BCUT2D eigenvalue weighted by Crippen LogP contribution is 2.43. The van der Waals surface area contributed by atoms with Crippen molar-refractivity contribution in [2.75, 3.05) is 78.2 Å². The zero-order valence-electron chi connectivity index (χ0n) is 36.3. The normalized spacial score (nSPS) is 19.2. The maximum Gasteiger partial charge on any atom is 0.274 e. The molecule has 10 rings (SSSR count). The van der Waals surface area contributed by atoms with Gasteiger partial charge < -0.3 is 29.3 Å². The summed E-state index contributed by atoms with van der Waals surface area (Å²) in [5.41, 5.74) is 7.76. The number of morpholine rings is 2. The Morgan fingerprint density at radius 2 is 1.33 bits per heavy atom. The Kier molecular flexibility index (Phi) is 14.6. The standard InChI is InChI=1S/C24H32N4O4S.C20H18N4O3S.C2H6/c1-31-12-9-25-17-7-8-21-19(15-17)23-20(16-33(21)30)22(24(29)27-10-13-32-14-11-27)26-28(23)18-5-3-2-4-6-18;25-20(23-9-11-27-12-10-23)18-16-13-28(26)17-4-2-1-3-15(17)19(16)24(22-18)14-5-7-21-8-6-14;1-2/h7-8,15,18,25H,2-6,9-14,16H2,1H3;1-8H,9-13H2;1-2H3. The number of nitrogens with zero attached hydrogens (tertiary/aromatic N) is 7. The third-order valence-electron chi connectivity index (χ3n) is 11.9. The van der Waals surface area contributed by atoms with Gasteiger partial charge in [-0.05, 0) is 49.2 Å². The molecule has 2 aromatic carbocycles. The predicted molar refractivity (Wildman–Crippen MR) is 242 cm³/mol. The van der Waals surface area contributed by atoms with E-state index in [4.69, 9.17) is 24.4 Å². The number of hydrogen-bond donors (Lipinski definition) is 1. The lowest BCUT2D eigenvalue weighted by atomic mass is 9.94. The molecule has 2 unspecified atom stereocenters. The van der Waals surface area contributed by atoms with E-state index in [-0.39, 0.29) is 23.6 Å². The van der Waals surface area contributed by atoms with Crippen LogP contribution in [-0.4, -0.2) is 127 Å². The van der Waals surface area contributed by atoms with Gasteiger partial charge in [0.2, 0.25) is 0 Å². The maximum absolute atomic E-state index is 13.5. The lowest BCUT2D eigenvalue weighted by Crippen LogP contribution is -2.41. The van der Waals surface area contributed by atoms with Crippen LogP contribution in [0.1, 0.15) is 84.1 Å². The number of anilines is 1. The van der Waals surface area contributed by atoms with Crippen LogP contribution in [-0.2, 0) is 47.3 Å². The largest absolute Gasteiger partial charge is 0.383 e. The molecule has 2 amide bonds. The molecule has 63 heavy (non-hydrogen) atoms. The van der Waals surface area contributed by atoms with Crippen LogP contribution in [0, 0.1) is 0 Å². The summed E-state index contributed by atoms with van der Waals surface area (Å²) in [5.74, 6) is 0.405. The first-order valence-corrected chi connectivity index (χ1v) is 24.7. The predicted octanol–water partition coefficient (Wildman–Crippen LogP) is 6.26. The molecule has 0 bridgehead atoms. The van der Waals surface area contributed by atoms with Crippen molar-refractivity contribution in [1.29, 1.82) is 0 Å². The van der Waals surface area contributed by atoms with Crippen molar-refractivity contribution in [3.63, 3.8) is 0 Å². The van der Waals surface area contributed by atoms with Gasteiger partial charge in [0.05, 0.1) is 89.3 Å². The van der Waals surface area contributed by atoms with Gasteiger partial charge in [-0.1, -0.05) is 51.3 Å². The monoisotopic (exact) mass is 896 g/mol. The van der Waals surface area contributed by atoms with Gasteiger partial charge in [0.1, 0.15) is 0 Å². The molecule has 334 valence electrons. The van der Waals surface area contributed by atoms with E-state index in [0.29, 0.717) is 82.9 Å². The minimum atomic E-state index is -1.22. The molecule has 0 spiro atoms. The molecule has 2 atom stereocenters. The molecule has 1 aliphatic carbocycles. The van der Waals surface area contributed by atoms with Crippen LogP contribution >= 0.6 is 0 Å². The molecule has 3 aromatic heterocycles. The quantitative estimate of drug-likeness (QED) is 0.175. The van der Waals surface area contributed by atoms with Crippen LogP contribution < -0.4 is 5.32 Å². The number of hydrogen-bond acceptors (Lipinski definition) is 11. The summed E-state index contributed by atoms with van der Waals surface area (Å²) in [4.78, 5) is 36.0. The smallest absolute Gasteiger partial charge is 0.274 e. The van der Waals surface area contributed by atoms with Crippen molar-refractivity contribution < 1.29 is 32.2 Å². The fraction of sp³-hybridized carbons (Fsp3) is 0.457. The summed E-state index contributed by atoms with van der Waals surface area (Å²) in [7, 11) is -0.749. The van der Waals surface area contributed by atoms with E-state index in [0.717, 1.165) is 67.6 Å². The average molecular weight is 897 g/mol. The molecular formula is C46H56N8O7S2. The zero-order valence-corrected chi connectivity index (χ0v) is 37.9. The van der Waals surface area contributed by atoms with E-state index in [9.17, 15) is 18.0 Å². The number of amides is 2. The van der Waals surface area contributed by atoms with Crippen molar-refractivity contribution in [3.8, 4) is 28.2 Å². The van der Waals surface area contributed by atoms with Gasteiger partial charge in [-0.15, -0.1) is 0 Å². The first-order valence-electron chi connectivity index (χ1n) is 22.0. The average Bonchev–Trinajstić information content (AvgIpc) is 3.93. The van der Waals surface area contributed by atoms with Crippen molar-refractivity contribution >= 4 is 39.1 Å². The minimum Gasteiger partial charge on any atom is -0.383 e. The second kappa shape index (κ2) is 20.6. The molecule has 7 heterocycles. The van der Waals surface area contributed by atoms with E-state index in [1.54, 1.807) is 29.1 Å². The first-order chi connectivity index (χ1) is 30.9. The number of carbonyl (C=O) groups is 2. The summed E-state index contributed by atoms with van der Waals surface area (Å²) in [6.07, 6.45) is 9.09. The molecule has 1 saturated carbocycles. The van der Waals surface area contributed by atoms with Gasteiger partial charge in [-0.2, -0.15) is 10.2 Å². The lowest BCUT2D eigenvalue weighted by molar-refractivity contribution is 0.0296. The Morgan fingerprint density at radius 1 is 0.746 bits per heavy atom. The van der Waals surface area contributed by atoms with Crippen LogP contribution in [0.2, 0.25) is 0 Å². The summed E-state index contributed by atoms with van der Waals surface area (Å²) in [6.45, 7) is 9.63. The number of aromatic nitrogens is 5. The molecule has 0 radical (unpaired) electrons. The highest BCUT2D eigenvalue weighted by molar-refractivity contribution is 7.84. The summed E-state index contributed by atoms with van der Waals surface area (Å²) in [5, 5.41) is 13.0. The van der Waals surface area contributed by atoms with E-state index < -0.39 is 21.6 Å². The minimum absolute atomic E-state index is 0.0704. The second-order valence-electron chi connectivity index (χ2n) is 15.6. The number of fused-ring (bicyclic) bond motifs is 6. The fourth-order valence-corrected chi connectivity index (χ4v) is 11.4. The Labute approximate surface area is 373 Å². The zero-order chi connectivity index (χ0) is 43.9. The van der Waals surface area contributed by atoms with Crippen molar-refractivity contribution in [1.82, 2.24) is 34.3 Å². The fourth-order valence-electron chi connectivity index (χ4n) is 8.79. The Morgan fingerprint density at radius 3 is 1.97 bits per heavy atom. The molecule has 5 aromatic rings. The van der Waals surface area contributed by atoms with Crippen molar-refractivity contribution in [2.24, 2.45) is 0 Å². The molecular weight excluding hydrogens is 841 g/mol. The van der Waals surface area contributed by atoms with E-state index in [1.165, 1.54) is 19.3 Å². The SMILES string of the molecule is CC.COCCNc1ccc2c(c1)-c1c(c(C(=O)N3CCOCC3)nn1C1CCCCC1)CS2=O.O=C(c1nn(-c2ccncc2)c2c1CS(=O)c1ccccc1-2)N1CCOCC1. The Hall–Kier alpha value is -5.07. The van der Waals surface area contributed by atoms with E-state index in [1.807, 2.05) is 67.3 Å². The van der Waals surface area contributed by atoms with Crippen LogP contribution in [0.4, 0.5) is 5.69 Å². The molecule has 1 N–H and O–H groups in total. The summed E-state index contributed by atoms with van der Waals surface area (Å²) < 4.78 is 45.9. The molecule has 15 nitrogen and oxygen atoms in total. The molecule has 5 aliphatic rings. The molecule has 3 fully saturated rings. The van der Waals surface area contributed by atoms with Gasteiger partial charge in [0.15, 0.2) is 11.4 Å². The van der Waals surface area contributed by atoms with E-state index >= 15 is 0 Å². The first kappa shape index (κ1) is 44.5. The van der Waals surface area contributed by atoms with Crippen LogP contribution in [0.25, 0.3) is 28.2 Å². The van der Waals surface area contributed by atoms with Gasteiger partial charge in [0, 0.05) is 90.0 Å². The van der Waals surface area contributed by atoms with Crippen molar-refractivity contribution in [2.45, 2.75) is 73.3 Å². The van der Waals surface area contributed by atoms with Gasteiger partial charge in [0.25, 0.3) is 11.8 Å². The van der Waals surface area contributed by atoms with Gasteiger partial charge in [-0.3, -0.25) is 27.7 Å². The number of rotatable bonds is 8. The molecule has 4 aliphatic heterocycles. The third kappa shape index (κ3) is 9.30. The second-order valence-corrected chi connectivity index (χ2v) is 18.5. The maximum atomic E-state index is 13.5. The number of carbonyl (C=O) groups excluding carboxylic acids is 2. The van der Waals surface area contributed by atoms with Crippen LogP contribution in [0.15, 0.2) is 76.8 Å². The lowest BCUT2D eigenvalue weighted by Gasteiger charge is -2.27. The van der Waals surface area contributed by atoms with Crippen LogP contribution in [0.3, 0.4) is 0 Å². The highest BCUT2D eigenvalue weighted by atomic mass is 32.2. The highest BCUT2D eigenvalue weighted by Gasteiger charge is 2.37. The van der Waals surface area contributed by atoms with Gasteiger partial charge >= 0.3 is 0 Å². The van der Waals surface area contributed by atoms with Crippen LogP contribution in [0.5, 0.6) is 0 Å². The Bertz CT molecular complexity index is 2460. The number of nitrogens with one attached hydrogen (secondary N) is 1. The third-order valence-corrected chi connectivity index (χ3v) is 14.7. The number of ether oxygens (including phenoxy) is 3. The Balaban J connectivity index is 0.000000168.